The zero-order valence-corrected chi connectivity index (χ0v) is 8.95. The third-order valence-corrected chi connectivity index (χ3v) is 2.73. The topological polar surface area (TPSA) is 46.6 Å². The molecule has 0 radical (unpaired) electrons. The molecule has 1 rings (SSSR count). The smallest absolute Gasteiger partial charge is 0.397 e. The molecule has 1 saturated heterocycles. The van der Waals surface area contributed by atoms with E-state index in [1.54, 1.807) is 11.8 Å². The van der Waals surface area contributed by atoms with Crippen LogP contribution in [0.5, 0.6) is 0 Å². The molecule has 1 aliphatic heterocycles. The summed E-state index contributed by atoms with van der Waals surface area (Å²) in [6.07, 6.45) is 0. The van der Waals surface area contributed by atoms with E-state index >= 15 is 0 Å². The van der Waals surface area contributed by atoms with Gasteiger partial charge < -0.3 is 9.64 Å². The van der Waals surface area contributed by atoms with Gasteiger partial charge in [0.05, 0.1) is 6.61 Å². The molecular weight excluding hydrogens is 182 g/mol. The van der Waals surface area contributed by atoms with E-state index in [0.29, 0.717) is 24.9 Å². The Kier molecular flexibility index (Phi) is 3.49. The first-order valence-corrected chi connectivity index (χ1v) is 5.02. The van der Waals surface area contributed by atoms with E-state index in [9.17, 15) is 9.59 Å². The highest BCUT2D eigenvalue weighted by atomic mass is 16.5. The predicted octanol–water partition coefficient (Wildman–Crippen LogP) is 0.664. The van der Waals surface area contributed by atoms with E-state index in [2.05, 4.69) is 18.6 Å². The molecule has 0 aliphatic carbocycles. The molecule has 0 saturated carbocycles. The van der Waals surface area contributed by atoms with Crippen LogP contribution in [0.1, 0.15) is 20.8 Å². The first-order chi connectivity index (χ1) is 6.56. The largest absolute Gasteiger partial charge is 0.459 e. The molecule has 1 heterocycles. The van der Waals surface area contributed by atoms with Gasteiger partial charge in [-0.15, -0.1) is 0 Å². The lowest BCUT2D eigenvalue weighted by Crippen LogP contribution is -2.36. The molecule has 1 fully saturated rings. The second-order valence-corrected chi connectivity index (χ2v) is 3.89. The van der Waals surface area contributed by atoms with Crippen molar-refractivity contribution in [2.75, 3.05) is 19.7 Å². The van der Waals surface area contributed by atoms with Crippen molar-refractivity contribution < 1.29 is 14.3 Å². The zero-order chi connectivity index (χ0) is 10.7. The predicted molar refractivity (Wildman–Crippen MR) is 51.5 cm³/mol. The van der Waals surface area contributed by atoms with Crippen LogP contribution in [-0.4, -0.2) is 36.5 Å². The van der Waals surface area contributed by atoms with Crippen molar-refractivity contribution in [3.63, 3.8) is 0 Å². The summed E-state index contributed by atoms with van der Waals surface area (Å²) < 4.78 is 4.66. The summed E-state index contributed by atoms with van der Waals surface area (Å²) in [7, 11) is 0. The van der Waals surface area contributed by atoms with Gasteiger partial charge in [0.2, 0.25) is 0 Å². The average molecular weight is 199 g/mol. The third-order valence-electron chi connectivity index (χ3n) is 2.73. The van der Waals surface area contributed by atoms with Crippen LogP contribution in [0.2, 0.25) is 0 Å². The second-order valence-electron chi connectivity index (χ2n) is 3.89. The van der Waals surface area contributed by atoms with Crippen LogP contribution in [0.25, 0.3) is 0 Å². The Balaban J connectivity index is 2.51. The molecule has 14 heavy (non-hydrogen) atoms. The Hall–Kier alpha value is -1.06. The van der Waals surface area contributed by atoms with Crippen molar-refractivity contribution in [2.24, 2.45) is 11.8 Å². The zero-order valence-electron chi connectivity index (χ0n) is 8.95. The van der Waals surface area contributed by atoms with Gasteiger partial charge in [-0.05, 0) is 18.8 Å². The molecule has 4 nitrogen and oxygen atoms in total. The van der Waals surface area contributed by atoms with Crippen LogP contribution < -0.4 is 0 Å². The van der Waals surface area contributed by atoms with Gasteiger partial charge in [-0.25, -0.2) is 4.79 Å². The van der Waals surface area contributed by atoms with Crippen LogP contribution in [-0.2, 0) is 14.3 Å². The van der Waals surface area contributed by atoms with E-state index in [0.717, 1.165) is 0 Å². The number of esters is 1. The highest BCUT2D eigenvalue weighted by Gasteiger charge is 2.33. The molecule has 1 amide bonds. The summed E-state index contributed by atoms with van der Waals surface area (Å²) >= 11 is 0. The van der Waals surface area contributed by atoms with E-state index < -0.39 is 11.9 Å². The highest BCUT2D eigenvalue weighted by Crippen LogP contribution is 2.22. The fourth-order valence-corrected chi connectivity index (χ4v) is 1.62. The summed E-state index contributed by atoms with van der Waals surface area (Å²) in [5.74, 6) is -0.293. The molecule has 0 aromatic rings. The fourth-order valence-electron chi connectivity index (χ4n) is 1.62. The van der Waals surface area contributed by atoms with Crippen LogP contribution >= 0.6 is 0 Å². The van der Waals surface area contributed by atoms with Crippen LogP contribution in [0.3, 0.4) is 0 Å². The number of ether oxygens (including phenoxy) is 1. The first-order valence-electron chi connectivity index (χ1n) is 5.02. The first kappa shape index (κ1) is 11.0. The number of carbonyl (C=O) groups excluding carboxylic acids is 2. The maximum absolute atomic E-state index is 11.5. The number of carbonyl (C=O) groups is 2. The lowest BCUT2D eigenvalue weighted by atomic mass is 10.0. The summed E-state index contributed by atoms with van der Waals surface area (Å²) in [5.41, 5.74) is 0. The van der Waals surface area contributed by atoms with Crippen molar-refractivity contribution >= 4 is 11.9 Å². The Morgan fingerprint density at radius 1 is 1.29 bits per heavy atom. The molecule has 0 aromatic heterocycles. The fraction of sp³-hybridized carbons (Fsp3) is 0.800. The molecule has 0 aromatic carbocycles. The molecule has 0 N–H and O–H groups in total. The number of amides is 1. The molecule has 80 valence electrons. The van der Waals surface area contributed by atoms with Crippen molar-refractivity contribution in [1.29, 1.82) is 0 Å². The number of nitrogens with zero attached hydrogens (tertiary/aromatic N) is 1. The van der Waals surface area contributed by atoms with E-state index in [1.807, 2.05) is 0 Å². The second kappa shape index (κ2) is 4.44. The monoisotopic (exact) mass is 199 g/mol. The van der Waals surface area contributed by atoms with Gasteiger partial charge in [0.25, 0.3) is 0 Å². The van der Waals surface area contributed by atoms with Gasteiger partial charge in [-0.1, -0.05) is 13.8 Å². The summed E-state index contributed by atoms with van der Waals surface area (Å²) in [6.45, 7) is 7.45. The lowest BCUT2D eigenvalue weighted by Gasteiger charge is -2.14. The average Bonchev–Trinajstić information content (AvgIpc) is 2.46. The summed E-state index contributed by atoms with van der Waals surface area (Å²) in [4.78, 5) is 24.2. The van der Waals surface area contributed by atoms with Gasteiger partial charge in [0.1, 0.15) is 0 Å². The third kappa shape index (κ3) is 2.25. The maximum Gasteiger partial charge on any atom is 0.397 e. The maximum atomic E-state index is 11.5. The minimum Gasteiger partial charge on any atom is -0.459 e. The Morgan fingerprint density at radius 2 is 1.79 bits per heavy atom. The molecule has 1 aliphatic rings. The van der Waals surface area contributed by atoms with Gasteiger partial charge in [0, 0.05) is 13.1 Å². The van der Waals surface area contributed by atoms with Crippen molar-refractivity contribution in [3.8, 4) is 0 Å². The standard InChI is InChI=1S/C10H17NO3/c1-4-14-10(13)9(12)11-5-7(2)8(3)6-11/h7-8H,4-6H2,1-3H3. The van der Waals surface area contributed by atoms with Gasteiger partial charge in [-0.3, -0.25) is 4.79 Å². The minimum absolute atomic E-state index is 0.253. The molecule has 4 heteroatoms. The van der Waals surface area contributed by atoms with Gasteiger partial charge in [0.15, 0.2) is 0 Å². The Morgan fingerprint density at radius 3 is 2.21 bits per heavy atom. The Bertz CT molecular complexity index is 230. The van der Waals surface area contributed by atoms with Crippen LogP contribution in [0.15, 0.2) is 0 Å². The lowest BCUT2D eigenvalue weighted by molar-refractivity contribution is -0.159. The summed E-state index contributed by atoms with van der Waals surface area (Å²) in [5, 5.41) is 0. The van der Waals surface area contributed by atoms with Crippen LogP contribution in [0, 0.1) is 11.8 Å². The molecule has 0 spiro atoms. The number of rotatable bonds is 1. The number of hydrogen-bond donors (Lipinski definition) is 0. The van der Waals surface area contributed by atoms with Crippen LogP contribution in [0.4, 0.5) is 0 Å². The van der Waals surface area contributed by atoms with E-state index in [4.69, 9.17) is 0 Å². The van der Waals surface area contributed by atoms with Gasteiger partial charge in [-0.2, -0.15) is 0 Å². The van der Waals surface area contributed by atoms with Crippen molar-refractivity contribution in [3.05, 3.63) is 0 Å². The van der Waals surface area contributed by atoms with Crippen molar-refractivity contribution in [2.45, 2.75) is 20.8 Å². The normalized spacial score (nSPS) is 26.4. The van der Waals surface area contributed by atoms with E-state index in [1.165, 1.54) is 0 Å². The number of likely N-dealkylation sites (tertiary alicyclic amines) is 1. The number of hydrogen-bond acceptors (Lipinski definition) is 3. The van der Waals surface area contributed by atoms with E-state index in [-0.39, 0.29) is 6.61 Å². The minimum atomic E-state index is -0.728. The SMILES string of the molecule is CCOC(=O)C(=O)N1CC(C)C(C)C1. The Labute approximate surface area is 84.2 Å². The molecule has 2 unspecified atom stereocenters. The molecule has 2 atom stereocenters. The molecule has 0 bridgehead atoms. The van der Waals surface area contributed by atoms with Crippen molar-refractivity contribution in [1.82, 2.24) is 4.90 Å². The summed E-state index contributed by atoms with van der Waals surface area (Å²) in [6, 6.07) is 0. The highest BCUT2D eigenvalue weighted by molar-refractivity contribution is 6.32. The quantitative estimate of drug-likeness (QED) is 0.460. The van der Waals surface area contributed by atoms with Gasteiger partial charge >= 0.3 is 11.9 Å². The molecular formula is C10H17NO3.